The zero-order chi connectivity index (χ0) is 27.3. The van der Waals surface area contributed by atoms with Crippen molar-refractivity contribution >= 4 is 23.6 Å². The quantitative estimate of drug-likeness (QED) is 0.482. The van der Waals surface area contributed by atoms with E-state index in [-0.39, 0.29) is 18.4 Å². The van der Waals surface area contributed by atoms with E-state index in [1.54, 1.807) is 25.7 Å². The average molecular weight is 496 g/mol. The Morgan fingerprint density at radius 1 is 0.917 bits per heavy atom. The maximum Gasteiger partial charge on any atom is 0.408 e. The fourth-order valence-corrected chi connectivity index (χ4v) is 3.93. The summed E-state index contributed by atoms with van der Waals surface area (Å²) in [6, 6.07) is 12.4. The van der Waals surface area contributed by atoms with Crippen LogP contribution in [0.5, 0.6) is 0 Å². The Kier molecular flexibility index (Phi) is 9.30. The third kappa shape index (κ3) is 7.33. The molecule has 0 saturated heterocycles. The van der Waals surface area contributed by atoms with Gasteiger partial charge in [0.25, 0.3) is 5.91 Å². The van der Waals surface area contributed by atoms with Gasteiger partial charge in [-0.15, -0.1) is 0 Å². The van der Waals surface area contributed by atoms with Crippen LogP contribution in [0.15, 0.2) is 42.5 Å². The van der Waals surface area contributed by atoms with Gasteiger partial charge in [0.15, 0.2) is 0 Å². The van der Waals surface area contributed by atoms with Crippen molar-refractivity contribution in [2.75, 3.05) is 11.9 Å². The van der Waals surface area contributed by atoms with Crippen LogP contribution in [0, 0.1) is 20.8 Å². The Bertz CT molecular complexity index is 1100. The number of nitrogens with zero attached hydrogens (tertiary/aromatic N) is 1. The van der Waals surface area contributed by atoms with Crippen LogP contribution in [-0.2, 0) is 14.3 Å². The highest BCUT2D eigenvalue weighted by Crippen LogP contribution is 2.34. The standard InChI is InChI=1S/C29H41N3O4/c1-10-29(8,9)32(24(33)18-30-27(35)36-28(5,6)7)25(22-16-13-15-19(2)21(22)4)26(34)31-23-17-12-11-14-20(23)3/h11-17,25H,10,18H2,1-9H3,(H,30,35)(H,31,34). The number of alkyl carbamates (subject to hydrolysis) is 1. The number of rotatable bonds is 8. The van der Waals surface area contributed by atoms with E-state index in [0.717, 1.165) is 22.3 Å². The summed E-state index contributed by atoms with van der Waals surface area (Å²) in [4.78, 5) is 41.5. The van der Waals surface area contributed by atoms with E-state index in [2.05, 4.69) is 10.6 Å². The number of para-hydroxylation sites is 1. The molecule has 2 rings (SSSR count). The molecular weight excluding hydrogens is 454 g/mol. The number of amides is 3. The Labute approximate surface area is 215 Å². The van der Waals surface area contributed by atoms with Gasteiger partial charge < -0.3 is 20.3 Å². The van der Waals surface area contributed by atoms with Crippen LogP contribution in [0.4, 0.5) is 10.5 Å². The molecule has 0 spiro atoms. The molecule has 36 heavy (non-hydrogen) atoms. The van der Waals surface area contributed by atoms with E-state index < -0.39 is 23.3 Å². The second kappa shape index (κ2) is 11.6. The zero-order valence-electron chi connectivity index (χ0n) is 23.1. The number of carbonyl (C=O) groups excluding carboxylic acids is 3. The largest absolute Gasteiger partial charge is 0.444 e. The van der Waals surface area contributed by atoms with Gasteiger partial charge in [-0.25, -0.2) is 4.79 Å². The molecule has 3 amide bonds. The number of hydrogen-bond donors (Lipinski definition) is 2. The number of carbonyl (C=O) groups is 3. The van der Waals surface area contributed by atoms with Crippen LogP contribution in [0.1, 0.15) is 76.3 Å². The lowest BCUT2D eigenvalue weighted by molar-refractivity contribution is -0.145. The molecule has 0 heterocycles. The Balaban J connectivity index is 2.54. The summed E-state index contributed by atoms with van der Waals surface area (Å²) in [5, 5.41) is 5.60. The number of hydrogen-bond acceptors (Lipinski definition) is 4. The molecule has 7 nitrogen and oxygen atoms in total. The lowest BCUT2D eigenvalue weighted by atomic mass is 9.90. The number of benzene rings is 2. The fourth-order valence-electron chi connectivity index (χ4n) is 3.93. The van der Waals surface area contributed by atoms with Gasteiger partial charge in [-0.05, 0) is 90.1 Å². The maximum atomic E-state index is 13.9. The second-order valence-corrected chi connectivity index (χ2v) is 10.8. The van der Waals surface area contributed by atoms with Gasteiger partial charge in [0.2, 0.25) is 5.91 Å². The van der Waals surface area contributed by atoms with Crippen molar-refractivity contribution < 1.29 is 19.1 Å². The predicted molar refractivity (Wildman–Crippen MR) is 144 cm³/mol. The fraction of sp³-hybridized carbons (Fsp3) is 0.483. The molecule has 2 aromatic carbocycles. The Morgan fingerprint density at radius 3 is 2.11 bits per heavy atom. The minimum Gasteiger partial charge on any atom is -0.444 e. The summed E-state index contributed by atoms with van der Waals surface area (Å²) in [7, 11) is 0. The predicted octanol–water partition coefficient (Wildman–Crippen LogP) is 5.83. The van der Waals surface area contributed by atoms with Gasteiger partial charge in [0.1, 0.15) is 18.2 Å². The molecule has 0 aliphatic rings. The molecule has 2 N–H and O–H groups in total. The van der Waals surface area contributed by atoms with Gasteiger partial charge in [-0.3, -0.25) is 9.59 Å². The monoisotopic (exact) mass is 495 g/mol. The molecular formula is C29H41N3O4. The topological polar surface area (TPSA) is 87.7 Å². The van der Waals surface area contributed by atoms with Crippen molar-refractivity contribution in [2.24, 2.45) is 0 Å². The Morgan fingerprint density at radius 2 is 1.53 bits per heavy atom. The smallest absolute Gasteiger partial charge is 0.408 e. The summed E-state index contributed by atoms with van der Waals surface area (Å²) in [6.07, 6.45) is -0.0813. The van der Waals surface area contributed by atoms with Crippen molar-refractivity contribution in [2.45, 2.75) is 85.9 Å². The molecule has 2 aromatic rings. The van der Waals surface area contributed by atoms with E-state index in [1.165, 1.54) is 0 Å². The second-order valence-electron chi connectivity index (χ2n) is 10.8. The first-order valence-corrected chi connectivity index (χ1v) is 12.4. The van der Waals surface area contributed by atoms with E-state index in [0.29, 0.717) is 12.1 Å². The highest BCUT2D eigenvalue weighted by atomic mass is 16.6. The first-order chi connectivity index (χ1) is 16.7. The molecule has 1 atom stereocenters. The first kappa shape index (κ1) is 28.9. The summed E-state index contributed by atoms with van der Waals surface area (Å²) in [5.74, 6) is -0.691. The van der Waals surface area contributed by atoms with Crippen molar-refractivity contribution in [3.63, 3.8) is 0 Å². The number of ether oxygens (including phenoxy) is 1. The molecule has 0 radical (unpaired) electrons. The maximum absolute atomic E-state index is 13.9. The van der Waals surface area contributed by atoms with Crippen molar-refractivity contribution in [1.29, 1.82) is 0 Å². The van der Waals surface area contributed by atoms with Gasteiger partial charge in [-0.2, -0.15) is 0 Å². The summed E-state index contributed by atoms with van der Waals surface area (Å²) in [5.41, 5.74) is 2.94. The molecule has 0 aliphatic heterocycles. The first-order valence-electron chi connectivity index (χ1n) is 12.4. The van der Waals surface area contributed by atoms with Crippen LogP contribution in [0.3, 0.4) is 0 Å². The third-order valence-corrected chi connectivity index (χ3v) is 6.42. The minimum atomic E-state index is -0.910. The van der Waals surface area contributed by atoms with E-state index >= 15 is 0 Å². The van der Waals surface area contributed by atoms with Crippen LogP contribution < -0.4 is 10.6 Å². The molecule has 0 bridgehead atoms. The lowest BCUT2D eigenvalue weighted by Crippen LogP contribution is -2.55. The van der Waals surface area contributed by atoms with Gasteiger partial charge >= 0.3 is 6.09 Å². The lowest BCUT2D eigenvalue weighted by Gasteiger charge is -2.43. The highest BCUT2D eigenvalue weighted by Gasteiger charge is 2.41. The van der Waals surface area contributed by atoms with Crippen molar-refractivity contribution in [3.8, 4) is 0 Å². The summed E-state index contributed by atoms with van der Waals surface area (Å²) in [6.45, 7) is 16.7. The van der Waals surface area contributed by atoms with Crippen LogP contribution in [-0.4, -0.2) is 40.5 Å². The van der Waals surface area contributed by atoms with Crippen LogP contribution in [0.2, 0.25) is 0 Å². The average Bonchev–Trinajstić information content (AvgIpc) is 2.78. The van der Waals surface area contributed by atoms with E-state index in [4.69, 9.17) is 4.74 Å². The summed E-state index contributed by atoms with van der Waals surface area (Å²) < 4.78 is 5.30. The minimum absolute atomic E-state index is 0.294. The van der Waals surface area contributed by atoms with Gasteiger partial charge in [-0.1, -0.05) is 43.3 Å². The number of nitrogens with one attached hydrogen (secondary N) is 2. The van der Waals surface area contributed by atoms with Crippen LogP contribution in [0.25, 0.3) is 0 Å². The Hall–Kier alpha value is -3.35. The third-order valence-electron chi connectivity index (χ3n) is 6.42. The molecule has 0 fully saturated rings. The van der Waals surface area contributed by atoms with Gasteiger partial charge in [0, 0.05) is 11.2 Å². The highest BCUT2D eigenvalue weighted by molar-refractivity contribution is 5.99. The molecule has 0 saturated carbocycles. The normalized spacial score (nSPS) is 12.5. The van der Waals surface area contributed by atoms with Crippen molar-refractivity contribution in [1.82, 2.24) is 10.2 Å². The summed E-state index contributed by atoms with van der Waals surface area (Å²) >= 11 is 0. The molecule has 0 aliphatic carbocycles. The SMILES string of the molecule is CCC(C)(C)N(C(=O)CNC(=O)OC(C)(C)C)C(C(=O)Nc1ccccc1C)c1cccc(C)c1C. The van der Waals surface area contributed by atoms with Crippen LogP contribution >= 0.6 is 0 Å². The van der Waals surface area contributed by atoms with Crippen molar-refractivity contribution in [3.05, 3.63) is 64.7 Å². The van der Waals surface area contributed by atoms with Gasteiger partial charge in [0.05, 0.1) is 0 Å². The zero-order valence-corrected chi connectivity index (χ0v) is 23.1. The number of anilines is 1. The molecule has 7 heteroatoms. The van der Waals surface area contributed by atoms with E-state index in [9.17, 15) is 14.4 Å². The molecule has 1 unspecified atom stereocenters. The van der Waals surface area contributed by atoms with E-state index in [1.807, 2.05) is 84.0 Å². The molecule has 196 valence electrons. The molecule has 0 aromatic heterocycles. The number of aryl methyl sites for hydroxylation is 2.